The number of fused-ring (bicyclic) bond motifs is 1. The summed E-state index contributed by atoms with van der Waals surface area (Å²) in [5, 5.41) is 15.3. The van der Waals surface area contributed by atoms with Gasteiger partial charge in [0.15, 0.2) is 5.65 Å². The van der Waals surface area contributed by atoms with Crippen molar-refractivity contribution in [3.8, 4) is 0 Å². The summed E-state index contributed by atoms with van der Waals surface area (Å²) in [6.07, 6.45) is 22.0. The van der Waals surface area contributed by atoms with Gasteiger partial charge in [-0.3, -0.25) is 0 Å². The fraction of sp³-hybridized carbons (Fsp3) is 0.292. The van der Waals surface area contributed by atoms with Crippen molar-refractivity contribution in [3.05, 3.63) is 79.2 Å². The summed E-state index contributed by atoms with van der Waals surface area (Å²) in [6, 6.07) is 2.10. The molecule has 0 bridgehead atoms. The Kier molecular flexibility index (Phi) is 6.95. The third-order valence-electron chi connectivity index (χ3n) is 5.34. The minimum absolute atomic E-state index is 0.165. The second-order valence-corrected chi connectivity index (χ2v) is 7.33. The van der Waals surface area contributed by atoms with Gasteiger partial charge >= 0.3 is 0 Å². The number of anilines is 1. The molecule has 2 N–H and O–H groups in total. The lowest BCUT2D eigenvalue weighted by Gasteiger charge is -2.23. The number of aromatic nitrogens is 3. The van der Waals surface area contributed by atoms with Gasteiger partial charge in [0, 0.05) is 24.0 Å². The zero-order valence-corrected chi connectivity index (χ0v) is 17.0. The molecule has 0 spiro atoms. The Bertz CT molecular complexity index is 970. The normalized spacial score (nSPS) is 16.7. The first-order valence-corrected chi connectivity index (χ1v) is 10.1. The summed E-state index contributed by atoms with van der Waals surface area (Å²) >= 11 is 0. The first-order chi connectivity index (χ1) is 14.1. The number of allylic oxidation sites excluding steroid dienone is 7. The molecule has 1 atom stereocenters. The van der Waals surface area contributed by atoms with Crippen molar-refractivity contribution in [3.63, 3.8) is 0 Å². The lowest BCUT2D eigenvalue weighted by molar-refractivity contribution is 0.601. The molecule has 2 heterocycles. The highest BCUT2D eigenvalue weighted by atomic mass is 15.2. The zero-order valence-electron chi connectivity index (χ0n) is 17.0. The Hall–Kier alpha value is -3.21. The maximum atomic E-state index is 7.46. The van der Waals surface area contributed by atoms with Crippen LogP contribution in [0.3, 0.4) is 0 Å². The molecule has 2 aromatic rings. The van der Waals surface area contributed by atoms with E-state index in [4.69, 9.17) is 10.4 Å². The highest BCUT2D eigenvalue weighted by Crippen LogP contribution is 2.33. The molecular weight excluding hydrogens is 358 g/mol. The fourth-order valence-electron chi connectivity index (χ4n) is 3.83. The van der Waals surface area contributed by atoms with Crippen molar-refractivity contribution < 1.29 is 0 Å². The summed E-state index contributed by atoms with van der Waals surface area (Å²) in [4.78, 5) is 4.73. The summed E-state index contributed by atoms with van der Waals surface area (Å²) in [6.45, 7) is 9.79. The quantitative estimate of drug-likeness (QED) is 0.434. The van der Waals surface area contributed by atoms with Crippen LogP contribution in [0.5, 0.6) is 0 Å². The Morgan fingerprint density at radius 1 is 1.28 bits per heavy atom. The maximum Gasteiger partial charge on any atom is 0.165 e. The van der Waals surface area contributed by atoms with Gasteiger partial charge in [0.25, 0.3) is 0 Å². The molecule has 1 aliphatic rings. The van der Waals surface area contributed by atoms with Crippen LogP contribution >= 0.6 is 0 Å². The molecule has 0 amide bonds. The predicted molar refractivity (Wildman–Crippen MR) is 122 cm³/mol. The average molecular weight is 388 g/mol. The molecule has 1 unspecified atom stereocenters. The van der Waals surface area contributed by atoms with Crippen LogP contribution in [0, 0.1) is 11.3 Å². The minimum Gasteiger partial charge on any atom is -0.364 e. The topological polar surface area (TPSA) is 66.1 Å². The highest BCUT2D eigenvalue weighted by Gasteiger charge is 2.23. The van der Waals surface area contributed by atoms with Crippen molar-refractivity contribution in [2.24, 2.45) is 5.92 Å². The Balaban J connectivity index is 1.83. The molecule has 1 fully saturated rings. The van der Waals surface area contributed by atoms with E-state index in [0.717, 1.165) is 11.4 Å². The molecule has 2 aromatic heterocycles. The number of hydrogen-bond donors (Lipinski definition) is 2. The smallest absolute Gasteiger partial charge is 0.165 e. The number of nitrogens with zero attached hydrogens (tertiary/aromatic N) is 3. The van der Waals surface area contributed by atoms with Gasteiger partial charge in [-0.2, -0.15) is 5.10 Å². The maximum absolute atomic E-state index is 7.46. The Morgan fingerprint density at radius 2 is 2.03 bits per heavy atom. The molecule has 0 aliphatic heterocycles. The summed E-state index contributed by atoms with van der Waals surface area (Å²) in [5.41, 5.74) is 3.49. The third-order valence-corrected chi connectivity index (χ3v) is 5.34. The first kappa shape index (κ1) is 20.5. The van der Waals surface area contributed by atoms with Crippen molar-refractivity contribution in [1.29, 1.82) is 5.41 Å². The van der Waals surface area contributed by atoms with Crippen LogP contribution in [0.2, 0.25) is 0 Å². The van der Waals surface area contributed by atoms with Crippen LogP contribution in [-0.4, -0.2) is 26.9 Å². The van der Waals surface area contributed by atoms with Crippen molar-refractivity contribution in [1.82, 2.24) is 14.6 Å². The number of hydrogen-bond acceptors (Lipinski definition) is 4. The monoisotopic (exact) mass is 387 g/mol. The van der Waals surface area contributed by atoms with Crippen LogP contribution in [0.15, 0.2) is 73.6 Å². The van der Waals surface area contributed by atoms with E-state index < -0.39 is 0 Å². The summed E-state index contributed by atoms with van der Waals surface area (Å²) < 4.78 is 1.71. The molecule has 0 aromatic carbocycles. The SMILES string of the molecule is C=C/C=C/C=C\C=C(/C1CCCC1)C(C)Nc1ccn2ncc(C(=C)C=N)c2n1. The molecule has 29 heavy (non-hydrogen) atoms. The second-order valence-electron chi connectivity index (χ2n) is 7.33. The van der Waals surface area contributed by atoms with E-state index in [2.05, 4.69) is 42.6 Å². The van der Waals surface area contributed by atoms with Gasteiger partial charge in [-0.15, -0.1) is 0 Å². The van der Waals surface area contributed by atoms with Crippen LogP contribution in [0.25, 0.3) is 11.2 Å². The number of rotatable bonds is 9. The van der Waals surface area contributed by atoms with E-state index >= 15 is 0 Å². The van der Waals surface area contributed by atoms with Gasteiger partial charge in [0.2, 0.25) is 0 Å². The van der Waals surface area contributed by atoms with E-state index in [-0.39, 0.29) is 6.04 Å². The van der Waals surface area contributed by atoms with Gasteiger partial charge < -0.3 is 10.7 Å². The van der Waals surface area contributed by atoms with Gasteiger partial charge in [-0.1, -0.05) is 62.5 Å². The molecule has 1 aliphatic carbocycles. The van der Waals surface area contributed by atoms with E-state index in [9.17, 15) is 0 Å². The first-order valence-electron chi connectivity index (χ1n) is 10.1. The minimum atomic E-state index is 0.165. The molecule has 0 saturated heterocycles. The largest absolute Gasteiger partial charge is 0.364 e. The van der Waals surface area contributed by atoms with Crippen molar-refractivity contribution in [2.45, 2.75) is 38.6 Å². The average Bonchev–Trinajstić information content (AvgIpc) is 3.39. The van der Waals surface area contributed by atoms with Crippen LogP contribution in [-0.2, 0) is 0 Å². The standard InChI is InChI=1S/C24H29N5/c1-4-5-6-7-8-13-21(20-11-9-10-12-20)19(3)27-23-14-15-29-24(28-23)22(17-26-29)18(2)16-25/h4-8,13-17,19-20,25H,1-2,9-12H2,3H3,(H,27,28)/b6-5+,8-7-,21-13-,25-16?. The summed E-state index contributed by atoms with van der Waals surface area (Å²) in [5.74, 6) is 1.40. The van der Waals surface area contributed by atoms with Crippen LogP contribution < -0.4 is 5.32 Å². The molecule has 150 valence electrons. The van der Waals surface area contributed by atoms with Gasteiger partial charge in [-0.25, -0.2) is 9.50 Å². The van der Waals surface area contributed by atoms with E-state index in [1.165, 1.54) is 37.5 Å². The third kappa shape index (κ3) is 4.99. The Labute approximate surface area is 172 Å². The Morgan fingerprint density at radius 3 is 2.76 bits per heavy atom. The molecule has 5 heteroatoms. The van der Waals surface area contributed by atoms with E-state index in [0.29, 0.717) is 17.1 Å². The zero-order chi connectivity index (χ0) is 20.6. The van der Waals surface area contributed by atoms with Crippen LogP contribution in [0.1, 0.15) is 38.2 Å². The molecular formula is C24H29N5. The fourth-order valence-corrected chi connectivity index (χ4v) is 3.83. The number of nitrogens with one attached hydrogen (secondary N) is 2. The molecule has 0 radical (unpaired) electrons. The molecule has 5 nitrogen and oxygen atoms in total. The lowest BCUT2D eigenvalue weighted by Crippen LogP contribution is -2.23. The lowest BCUT2D eigenvalue weighted by atomic mass is 9.91. The summed E-state index contributed by atoms with van der Waals surface area (Å²) in [7, 11) is 0. The van der Waals surface area contributed by atoms with Gasteiger partial charge in [0.05, 0.1) is 6.20 Å². The van der Waals surface area contributed by atoms with Gasteiger partial charge in [-0.05, 0) is 42.9 Å². The van der Waals surface area contributed by atoms with Crippen LogP contribution in [0.4, 0.5) is 5.82 Å². The van der Waals surface area contributed by atoms with E-state index in [1.807, 2.05) is 30.5 Å². The van der Waals surface area contributed by atoms with Crippen molar-refractivity contribution >= 4 is 23.3 Å². The van der Waals surface area contributed by atoms with E-state index in [1.54, 1.807) is 16.8 Å². The van der Waals surface area contributed by atoms with Gasteiger partial charge in [0.1, 0.15) is 5.82 Å². The predicted octanol–water partition coefficient (Wildman–Crippen LogP) is 5.61. The highest BCUT2D eigenvalue weighted by molar-refractivity contribution is 6.09. The molecule has 3 rings (SSSR count). The second kappa shape index (κ2) is 9.82. The molecule has 1 saturated carbocycles. The van der Waals surface area contributed by atoms with Crippen molar-refractivity contribution in [2.75, 3.05) is 5.32 Å².